The number of aliphatic hydroxyl groups is 1. The van der Waals surface area contributed by atoms with Crippen molar-refractivity contribution in [3.63, 3.8) is 0 Å². The van der Waals surface area contributed by atoms with Crippen LogP contribution >= 0.6 is 0 Å². The number of hydrazine groups is 1. The molecular weight excluding hydrogens is 760 g/mol. The summed E-state index contributed by atoms with van der Waals surface area (Å²) in [6.45, 7) is -4.21. The number of alkyl carbamates (subject to hydrolysis) is 2. The first-order valence-corrected chi connectivity index (χ1v) is 15.2. The van der Waals surface area contributed by atoms with E-state index in [1.807, 2.05) is 10.7 Å². The van der Waals surface area contributed by atoms with Crippen LogP contribution in [-0.2, 0) is 25.6 Å². The molecule has 1 unspecified atom stereocenters. The van der Waals surface area contributed by atoms with Gasteiger partial charge in [-0.05, 0) is 45.4 Å². The molecule has 14 nitrogen and oxygen atoms in total. The van der Waals surface area contributed by atoms with E-state index in [0.717, 1.165) is 14.2 Å². The normalized spacial score (nSPS) is 14.8. The molecule has 0 aliphatic carbocycles. The van der Waals surface area contributed by atoms with Gasteiger partial charge >= 0.3 is 31.1 Å². The van der Waals surface area contributed by atoms with Crippen LogP contribution in [0.2, 0.25) is 0 Å². The molecule has 24 heteroatoms. The van der Waals surface area contributed by atoms with Crippen molar-refractivity contribution in [2.45, 2.75) is 71.3 Å². The Kier molecular flexibility index (Phi) is 16.5. The predicted molar refractivity (Wildman–Crippen MR) is 169 cm³/mol. The van der Waals surface area contributed by atoms with Crippen LogP contribution in [0, 0.1) is 22.5 Å². The molecule has 3 atom stereocenters. The minimum absolute atomic E-state index is 0.379. The number of hydrogen-bond acceptors (Lipinski definition) is 10. The van der Waals surface area contributed by atoms with Crippen molar-refractivity contribution in [3.05, 3.63) is 41.1 Å². The molecule has 54 heavy (non-hydrogen) atoms. The van der Waals surface area contributed by atoms with Gasteiger partial charge in [0.2, 0.25) is 5.91 Å². The van der Waals surface area contributed by atoms with E-state index >= 15 is 8.78 Å². The number of carbonyl (C=O) groups is 4. The van der Waals surface area contributed by atoms with E-state index in [1.54, 1.807) is 10.6 Å². The van der Waals surface area contributed by atoms with Gasteiger partial charge in [0.15, 0.2) is 0 Å². The smallest absolute Gasteiger partial charge is 0.407 e. The van der Waals surface area contributed by atoms with Gasteiger partial charge in [0.25, 0.3) is 5.91 Å². The molecule has 0 aliphatic heterocycles. The van der Waals surface area contributed by atoms with Crippen LogP contribution in [0.25, 0.3) is 5.57 Å². The molecule has 0 radical (unpaired) electrons. The molecule has 0 bridgehead atoms. The maximum Gasteiger partial charge on any atom is 0.407 e. The Labute approximate surface area is 301 Å². The molecule has 0 aromatic heterocycles. The molecule has 0 saturated carbocycles. The number of methoxy groups -OCH3 is 2. The van der Waals surface area contributed by atoms with Gasteiger partial charge in [-0.15, -0.1) is 0 Å². The highest BCUT2D eigenvalue weighted by Gasteiger charge is 2.57. The number of rotatable bonds is 16. The lowest BCUT2D eigenvalue weighted by Crippen LogP contribution is -2.62. The van der Waals surface area contributed by atoms with Gasteiger partial charge in [0.05, 0.1) is 31.2 Å². The zero-order valence-corrected chi connectivity index (χ0v) is 29.4. The number of nitrogens with zero attached hydrogens (tertiary/aromatic N) is 2. The summed E-state index contributed by atoms with van der Waals surface area (Å²) in [7, 11) is 1.57. The number of nitrogens with one attached hydrogen (secondary N) is 4. The molecule has 1 aromatic carbocycles. The average Bonchev–Trinajstić information content (AvgIpc) is 3.04. The van der Waals surface area contributed by atoms with Gasteiger partial charge in [0, 0.05) is 43.2 Å². The van der Waals surface area contributed by atoms with Gasteiger partial charge in [-0.2, -0.15) is 35.1 Å². The van der Waals surface area contributed by atoms with Crippen molar-refractivity contribution < 1.29 is 77.7 Å². The van der Waals surface area contributed by atoms with Gasteiger partial charge in [-0.1, -0.05) is 0 Å². The third-order valence-electron chi connectivity index (χ3n) is 7.86. The van der Waals surface area contributed by atoms with Crippen LogP contribution < -0.4 is 27.1 Å². The third kappa shape index (κ3) is 12.6. The van der Waals surface area contributed by atoms with Gasteiger partial charge in [-0.3, -0.25) is 15.0 Å². The van der Waals surface area contributed by atoms with Crippen LogP contribution in [0.15, 0.2) is 23.3 Å². The first kappa shape index (κ1) is 47.2. The van der Waals surface area contributed by atoms with E-state index in [4.69, 9.17) is 5.73 Å². The fourth-order valence-electron chi connectivity index (χ4n) is 4.30. The maximum atomic E-state index is 15.3. The number of aliphatic hydroxyl groups excluding tert-OH is 1. The highest BCUT2D eigenvalue weighted by molar-refractivity contribution is 6.09. The number of amides is 4. The number of carbonyl (C=O) groups excluding carboxylic acids is 4. The molecule has 1 aromatic rings. The Bertz CT molecular complexity index is 1530. The quantitative estimate of drug-likeness (QED) is 0.0628. The summed E-state index contributed by atoms with van der Waals surface area (Å²) in [5.74, 6) is -6.08. The zero-order valence-electron chi connectivity index (χ0n) is 29.4. The molecule has 0 aliphatic rings. The number of nitrogens with two attached hydrogens (primary N) is 1. The summed E-state index contributed by atoms with van der Waals surface area (Å²) in [6, 6.07) is -3.68. The molecule has 4 amide bonds. The van der Waals surface area contributed by atoms with E-state index in [9.17, 15) is 59.4 Å². The fourth-order valence-corrected chi connectivity index (χ4v) is 4.30. The number of hydrogen-bond donors (Lipinski definition) is 6. The van der Waals surface area contributed by atoms with Gasteiger partial charge < -0.3 is 36.3 Å². The summed E-state index contributed by atoms with van der Waals surface area (Å²) in [5, 5.41) is 16.5. The summed E-state index contributed by atoms with van der Waals surface area (Å²) in [4.78, 5) is 52.6. The van der Waals surface area contributed by atoms with E-state index in [0.29, 0.717) is 57.3 Å². The van der Waals surface area contributed by atoms with Gasteiger partial charge in [-0.25, -0.2) is 28.4 Å². The molecular formula is C30H39F10N7O7. The van der Waals surface area contributed by atoms with E-state index in [-0.39, 0.29) is 5.57 Å². The van der Waals surface area contributed by atoms with Crippen molar-refractivity contribution in [1.82, 2.24) is 26.4 Å². The van der Waals surface area contributed by atoms with Crippen molar-refractivity contribution in [2.75, 3.05) is 27.3 Å². The average molecular weight is 800 g/mol. The Balaban J connectivity index is 3.60. The standard InChI is InChI=1S/C30H39F10N7O7/c1-27(2,29(35,36)37)20(44-25(51)53-5)22(49)42-11-16(48)12-47(46-23(50)21(45-26(52)54-6)28(3,4)30(38,39)40)13-17-18(31)7-14(8-19(17)32)15(9-41)10-43-24(33)34/h7-10,16,20-21,24,48H,11-13,41H2,1-6H3,(H,42,49)(H,44,51)(H,45,52)(H,46,50)/t16-,20?,21-/m1/s1. The molecule has 306 valence electrons. The Morgan fingerprint density at radius 1 is 0.870 bits per heavy atom. The van der Waals surface area contributed by atoms with Crippen molar-refractivity contribution in [1.29, 1.82) is 0 Å². The lowest BCUT2D eigenvalue weighted by molar-refractivity contribution is -0.221. The van der Waals surface area contributed by atoms with Crippen molar-refractivity contribution in [2.24, 2.45) is 21.6 Å². The molecule has 1 rings (SSSR count). The SMILES string of the molecule is COC(=O)NC(C(=O)NC[C@@H](O)CN(Cc1c(F)cc(C(C=NC(F)F)=CN)cc1F)NC(=O)[C@@H](NC(=O)OC)C(C)(C)C(F)(F)F)C(C)(C)C(F)(F)F. The number of halogens is 10. The second-order valence-electron chi connectivity index (χ2n) is 12.4. The largest absolute Gasteiger partial charge is 0.453 e. The second-order valence-corrected chi connectivity index (χ2v) is 12.4. The number of benzene rings is 1. The first-order valence-electron chi connectivity index (χ1n) is 15.2. The Morgan fingerprint density at radius 2 is 1.31 bits per heavy atom. The van der Waals surface area contributed by atoms with E-state index < -0.39 is 114 Å². The highest BCUT2D eigenvalue weighted by Crippen LogP contribution is 2.41. The minimum Gasteiger partial charge on any atom is -0.453 e. The number of aliphatic imine (C=N–C) groups is 1. The number of allylic oxidation sites excluding steroid dienone is 1. The lowest BCUT2D eigenvalue weighted by atomic mass is 9.83. The lowest BCUT2D eigenvalue weighted by Gasteiger charge is -2.37. The highest BCUT2D eigenvalue weighted by atomic mass is 19.4. The fraction of sp³-hybridized carbons (Fsp3) is 0.567. The van der Waals surface area contributed by atoms with Crippen LogP contribution in [0.5, 0.6) is 0 Å². The predicted octanol–water partition coefficient (Wildman–Crippen LogP) is 3.49. The van der Waals surface area contributed by atoms with Crippen LogP contribution in [-0.4, -0.2) is 105 Å². The molecule has 7 N–H and O–H groups in total. The van der Waals surface area contributed by atoms with Gasteiger partial charge in [0.1, 0.15) is 23.7 Å². The van der Waals surface area contributed by atoms with E-state index in [1.165, 1.54) is 0 Å². The molecule has 0 spiro atoms. The molecule has 0 heterocycles. The molecule has 0 saturated heterocycles. The topological polar surface area (TPSA) is 197 Å². The number of ether oxygens (including phenoxy) is 2. The van der Waals surface area contributed by atoms with Crippen molar-refractivity contribution >= 4 is 35.8 Å². The van der Waals surface area contributed by atoms with Crippen LogP contribution in [0.3, 0.4) is 0 Å². The first-order chi connectivity index (χ1) is 24.6. The number of alkyl halides is 8. The monoisotopic (exact) mass is 799 g/mol. The second kappa shape index (κ2) is 18.9. The Morgan fingerprint density at radius 3 is 1.70 bits per heavy atom. The van der Waals surface area contributed by atoms with Crippen molar-refractivity contribution in [3.8, 4) is 0 Å². The molecule has 0 fully saturated rings. The third-order valence-corrected chi connectivity index (χ3v) is 7.86. The maximum absolute atomic E-state index is 15.3. The van der Waals surface area contributed by atoms with Crippen LogP contribution in [0.4, 0.5) is 53.5 Å². The summed E-state index contributed by atoms with van der Waals surface area (Å²) in [6.07, 6.45) is -14.0. The van der Waals surface area contributed by atoms with Crippen LogP contribution in [0.1, 0.15) is 38.8 Å². The summed E-state index contributed by atoms with van der Waals surface area (Å²) < 4.78 is 148. The summed E-state index contributed by atoms with van der Waals surface area (Å²) in [5.41, 5.74) is -0.496. The zero-order chi connectivity index (χ0) is 42.0. The minimum atomic E-state index is -5.18. The Hall–Kier alpha value is -4.87. The van der Waals surface area contributed by atoms with E-state index in [2.05, 4.69) is 14.5 Å². The summed E-state index contributed by atoms with van der Waals surface area (Å²) >= 11 is 0.